The Morgan fingerprint density at radius 2 is 1.97 bits per heavy atom. The minimum atomic E-state index is -0.124. The monoisotopic (exact) mass is 434 g/mol. The normalized spacial score (nSPS) is 16.1. The van der Waals surface area contributed by atoms with Crippen molar-refractivity contribution in [3.8, 4) is 11.6 Å². The fraction of sp³-hybridized carbons (Fsp3) is 0.292. The van der Waals surface area contributed by atoms with Crippen LogP contribution in [-0.2, 0) is 4.79 Å². The smallest absolute Gasteiger partial charge is 0.263 e. The van der Waals surface area contributed by atoms with Crippen LogP contribution in [0.5, 0.6) is 11.6 Å². The molecule has 4 rings (SSSR count). The van der Waals surface area contributed by atoms with Crippen LogP contribution in [0.25, 0.3) is 0 Å². The van der Waals surface area contributed by atoms with Crippen LogP contribution in [0.1, 0.15) is 18.4 Å². The van der Waals surface area contributed by atoms with E-state index in [2.05, 4.69) is 20.2 Å². The summed E-state index contributed by atoms with van der Waals surface area (Å²) in [7, 11) is 0. The molecule has 6 nitrogen and oxygen atoms in total. The molecule has 2 heterocycles. The molecule has 31 heavy (non-hydrogen) atoms. The summed E-state index contributed by atoms with van der Waals surface area (Å²) in [5, 5.41) is 3.07. The maximum atomic E-state index is 12.9. The Balaban J connectivity index is 1.47. The van der Waals surface area contributed by atoms with Crippen molar-refractivity contribution in [1.82, 2.24) is 9.97 Å². The zero-order valence-corrected chi connectivity index (χ0v) is 18.6. The van der Waals surface area contributed by atoms with Crippen molar-refractivity contribution in [2.75, 3.05) is 29.6 Å². The van der Waals surface area contributed by atoms with Crippen molar-refractivity contribution in [1.29, 1.82) is 0 Å². The molecule has 7 heteroatoms. The molecule has 0 aliphatic carbocycles. The third-order valence-corrected chi connectivity index (χ3v) is 6.04. The lowest BCUT2D eigenvalue weighted by atomic mass is 9.97. The number of rotatable bonds is 6. The molecule has 0 radical (unpaired) electrons. The molecule has 0 bridgehead atoms. The van der Waals surface area contributed by atoms with E-state index in [9.17, 15) is 4.79 Å². The molecule has 0 spiro atoms. The van der Waals surface area contributed by atoms with E-state index >= 15 is 0 Å². The molecule has 3 aromatic rings. The van der Waals surface area contributed by atoms with Crippen LogP contribution < -0.4 is 15.0 Å². The Morgan fingerprint density at radius 1 is 1.16 bits per heavy atom. The van der Waals surface area contributed by atoms with Crippen molar-refractivity contribution in [2.45, 2.75) is 24.7 Å². The zero-order chi connectivity index (χ0) is 21.6. The second kappa shape index (κ2) is 9.83. The third kappa shape index (κ3) is 5.35. The molecule has 1 aromatic heterocycles. The van der Waals surface area contributed by atoms with Gasteiger partial charge in [0, 0.05) is 36.1 Å². The maximum Gasteiger partial charge on any atom is 0.263 e. The number of carbonyl (C=O) groups excluding carboxylic acids is 1. The van der Waals surface area contributed by atoms with Gasteiger partial charge in [-0.05, 0) is 56.4 Å². The first-order chi connectivity index (χ1) is 15.1. The van der Waals surface area contributed by atoms with Gasteiger partial charge in [0.2, 0.25) is 5.91 Å². The Bertz CT molecular complexity index is 1040. The van der Waals surface area contributed by atoms with Crippen LogP contribution >= 0.6 is 11.8 Å². The number of amides is 1. The van der Waals surface area contributed by atoms with E-state index < -0.39 is 0 Å². The molecular formula is C24H26N4O2S. The van der Waals surface area contributed by atoms with Gasteiger partial charge in [-0.1, -0.05) is 23.8 Å². The topological polar surface area (TPSA) is 67.4 Å². The van der Waals surface area contributed by atoms with E-state index in [0.29, 0.717) is 24.0 Å². The standard InChI is InChI=1S/C24H26N4O2S/c1-17-8-10-20(11-9-17)30-24-22(25-12-13-26-24)28-14-4-5-18(16-28)23(29)27-19-6-3-7-21(15-19)31-2/h3,6-13,15,18H,4-5,14,16H2,1-2H3,(H,27,29)/t18-/m1/s1. The van der Waals surface area contributed by atoms with Gasteiger partial charge in [-0.3, -0.25) is 4.79 Å². The van der Waals surface area contributed by atoms with Crippen LogP contribution in [0.4, 0.5) is 11.5 Å². The fourth-order valence-corrected chi connectivity index (χ4v) is 4.11. The van der Waals surface area contributed by atoms with Gasteiger partial charge in [-0.15, -0.1) is 11.8 Å². The number of anilines is 2. The van der Waals surface area contributed by atoms with Gasteiger partial charge in [0.15, 0.2) is 5.82 Å². The Kier molecular flexibility index (Phi) is 6.72. The molecule has 1 atom stereocenters. The number of benzene rings is 2. The number of ether oxygens (including phenoxy) is 1. The van der Waals surface area contributed by atoms with Gasteiger partial charge in [-0.25, -0.2) is 9.97 Å². The first-order valence-corrected chi connectivity index (χ1v) is 11.6. The Morgan fingerprint density at radius 3 is 2.77 bits per heavy atom. The van der Waals surface area contributed by atoms with Gasteiger partial charge in [-0.2, -0.15) is 0 Å². The van der Waals surface area contributed by atoms with Crippen LogP contribution in [0.2, 0.25) is 0 Å². The highest BCUT2D eigenvalue weighted by molar-refractivity contribution is 7.98. The summed E-state index contributed by atoms with van der Waals surface area (Å²) in [6.45, 7) is 3.43. The number of nitrogens with zero attached hydrogens (tertiary/aromatic N) is 3. The lowest BCUT2D eigenvalue weighted by Crippen LogP contribution is -2.41. The molecule has 1 N–H and O–H groups in total. The highest BCUT2D eigenvalue weighted by atomic mass is 32.2. The zero-order valence-electron chi connectivity index (χ0n) is 17.7. The third-order valence-electron chi connectivity index (χ3n) is 5.31. The first kappa shape index (κ1) is 21.2. The molecular weight excluding hydrogens is 408 g/mol. The molecule has 0 unspecified atom stereocenters. The average Bonchev–Trinajstić information content (AvgIpc) is 2.81. The molecule has 1 saturated heterocycles. The number of aryl methyl sites for hydroxylation is 1. The lowest BCUT2D eigenvalue weighted by molar-refractivity contribution is -0.120. The predicted molar refractivity (Wildman–Crippen MR) is 125 cm³/mol. The Labute approximate surface area is 187 Å². The van der Waals surface area contributed by atoms with E-state index in [4.69, 9.17) is 4.74 Å². The molecule has 1 fully saturated rings. The molecule has 1 aliphatic heterocycles. The highest BCUT2D eigenvalue weighted by Gasteiger charge is 2.28. The number of carbonyl (C=O) groups is 1. The van der Waals surface area contributed by atoms with E-state index in [-0.39, 0.29) is 11.8 Å². The minimum absolute atomic E-state index is 0.0350. The van der Waals surface area contributed by atoms with Gasteiger partial charge in [0.05, 0.1) is 5.92 Å². The summed E-state index contributed by atoms with van der Waals surface area (Å²) in [5.41, 5.74) is 2.00. The van der Waals surface area contributed by atoms with Crippen molar-refractivity contribution in [2.24, 2.45) is 5.92 Å². The maximum absolute atomic E-state index is 12.9. The van der Waals surface area contributed by atoms with Crippen molar-refractivity contribution < 1.29 is 9.53 Å². The quantitative estimate of drug-likeness (QED) is 0.541. The summed E-state index contributed by atoms with van der Waals surface area (Å²) in [5.74, 6) is 1.76. The lowest BCUT2D eigenvalue weighted by Gasteiger charge is -2.33. The van der Waals surface area contributed by atoms with Gasteiger partial charge in [0.1, 0.15) is 5.75 Å². The average molecular weight is 435 g/mol. The molecule has 160 valence electrons. The van der Waals surface area contributed by atoms with E-state index in [1.54, 1.807) is 24.2 Å². The highest BCUT2D eigenvalue weighted by Crippen LogP contribution is 2.31. The minimum Gasteiger partial charge on any atom is -0.436 e. The van der Waals surface area contributed by atoms with E-state index in [0.717, 1.165) is 30.0 Å². The van der Waals surface area contributed by atoms with E-state index in [1.165, 1.54) is 5.56 Å². The SMILES string of the molecule is CSc1cccc(NC(=O)[C@@H]2CCCN(c3nccnc3Oc3ccc(C)cc3)C2)c1. The second-order valence-electron chi connectivity index (χ2n) is 7.61. The van der Waals surface area contributed by atoms with Gasteiger partial charge in [0.25, 0.3) is 5.88 Å². The number of hydrogen-bond donors (Lipinski definition) is 1. The van der Waals surface area contributed by atoms with Gasteiger partial charge < -0.3 is 15.0 Å². The number of piperidine rings is 1. The number of hydrogen-bond acceptors (Lipinski definition) is 6. The van der Waals surface area contributed by atoms with Crippen molar-refractivity contribution in [3.05, 3.63) is 66.5 Å². The summed E-state index contributed by atoms with van der Waals surface area (Å²) in [6.07, 6.45) is 7.06. The largest absolute Gasteiger partial charge is 0.436 e. The summed E-state index contributed by atoms with van der Waals surface area (Å²) >= 11 is 1.66. The summed E-state index contributed by atoms with van der Waals surface area (Å²) < 4.78 is 6.02. The summed E-state index contributed by atoms with van der Waals surface area (Å²) in [4.78, 5) is 25.1. The second-order valence-corrected chi connectivity index (χ2v) is 8.49. The molecule has 2 aromatic carbocycles. The Hall–Kier alpha value is -3.06. The molecule has 1 aliphatic rings. The first-order valence-electron chi connectivity index (χ1n) is 10.4. The van der Waals surface area contributed by atoms with E-state index in [1.807, 2.05) is 61.7 Å². The van der Waals surface area contributed by atoms with Crippen LogP contribution in [0.3, 0.4) is 0 Å². The predicted octanol–water partition coefficient (Wildman–Crippen LogP) is 5.15. The van der Waals surface area contributed by atoms with Crippen LogP contribution in [-0.4, -0.2) is 35.2 Å². The number of nitrogens with one attached hydrogen (secondary N) is 1. The molecule has 1 amide bonds. The van der Waals surface area contributed by atoms with Crippen LogP contribution in [0.15, 0.2) is 65.8 Å². The van der Waals surface area contributed by atoms with Gasteiger partial charge >= 0.3 is 0 Å². The van der Waals surface area contributed by atoms with Crippen molar-refractivity contribution >= 4 is 29.2 Å². The van der Waals surface area contributed by atoms with Crippen LogP contribution in [0, 0.1) is 12.8 Å². The fourth-order valence-electron chi connectivity index (χ4n) is 3.65. The number of thioether (sulfide) groups is 1. The molecule has 0 saturated carbocycles. The number of aromatic nitrogens is 2. The van der Waals surface area contributed by atoms with Crippen molar-refractivity contribution in [3.63, 3.8) is 0 Å². The summed E-state index contributed by atoms with van der Waals surface area (Å²) in [6, 6.07) is 15.8.